The number of piperidine rings is 1. The molecule has 0 atom stereocenters. The first kappa shape index (κ1) is 18.5. The van der Waals surface area contributed by atoms with Crippen LogP contribution in [0.25, 0.3) is 21.8 Å². The number of amides is 1. The fourth-order valence-corrected chi connectivity index (χ4v) is 4.06. The summed E-state index contributed by atoms with van der Waals surface area (Å²) < 4.78 is 0. The largest absolute Gasteiger partial charge is 0.342 e. The van der Waals surface area contributed by atoms with E-state index < -0.39 is 0 Å². The lowest BCUT2D eigenvalue weighted by molar-refractivity contribution is -0.115. The first-order valence-corrected chi connectivity index (χ1v) is 10.1. The molecule has 152 valence electrons. The van der Waals surface area contributed by atoms with Crippen molar-refractivity contribution in [2.45, 2.75) is 25.2 Å². The molecule has 8 nitrogen and oxygen atoms in total. The summed E-state index contributed by atoms with van der Waals surface area (Å²) in [5.41, 5.74) is 2.79. The third kappa shape index (κ3) is 3.57. The van der Waals surface area contributed by atoms with E-state index in [2.05, 4.69) is 25.8 Å². The zero-order valence-electron chi connectivity index (χ0n) is 16.4. The van der Waals surface area contributed by atoms with Crippen LogP contribution in [0.5, 0.6) is 0 Å². The van der Waals surface area contributed by atoms with Crippen LogP contribution >= 0.6 is 0 Å². The van der Waals surface area contributed by atoms with Gasteiger partial charge in [0.05, 0.1) is 28.5 Å². The minimum Gasteiger partial charge on any atom is -0.342 e. The summed E-state index contributed by atoms with van der Waals surface area (Å²) in [4.78, 5) is 32.7. The zero-order chi connectivity index (χ0) is 20.5. The Morgan fingerprint density at radius 2 is 1.90 bits per heavy atom. The Balaban J connectivity index is 1.35. The standard InChI is InChI=1S/C22H22N6O2/c29-20(12-18-15-3-1-2-4-16(15)22(30)28-27-18)24-14-5-6-17-19(11-14)26-21(25-17)13-7-9-23-10-8-13/h1-6,11,13,23H,7-10,12H2,(H,24,29)(H,25,26)(H,28,30). The highest BCUT2D eigenvalue weighted by molar-refractivity contribution is 5.96. The molecule has 2 aromatic heterocycles. The highest BCUT2D eigenvalue weighted by Gasteiger charge is 2.19. The normalized spacial score (nSPS) is 14.9. The molecule has 1 fully saturated rings. The SMILES string of the molecule is O=C(Cc1n[nH]c(=O)c2ccccc12)Nc1ccc2nc(C3CCNCC3)[nH]c2c1. The van der Waals surface area contributed by atoms with Gasteiger partial charge in [0.25, 0.3) is 5.56 Å². The molecule has 4 aromatic rings. The van der Waals surface area contributed by atoms with Gasteiger partial charge in [0.15, 0.2) is 0 Å². The number of nitrogens with zero attached hydrogens (tertiary/aromatic N) is 2. The van der Waals surface area contributed by atoms with Crippen LogP contribution in [-0.4, -0.2) is 39.2 Å². The number of aromatic nitrogens is 4. The molecule has 5 rings (SSSR count). The Bertz CT molecular complexity index is 1290. The Morgan fingerprint density at radius 3 is 2.73 bits per heavy atom. The fraction of sp³-hybridized carbons (Fsp3) is 0.273. The lowest BCUT2D eigenvalue weighted by Crippen LogP contribution is -2.27. The molecule has 30 heavy (non-hydrogen) atoms. The smallest absolute Gasteiger partial charge is 0.272 e. The molecule has 1 saturated heterocycles. The number of hydrogen-bond donors (Lipinski definition) is 4. The van der Waals surface area contributed by atoms with Crippen LogP contribution in [0, 0.1) is 0 Å². The predicted molar refractivity (Wildman–Crippen MR) is 116 cm³/mol. The van der Waals surface area contributed by atoms with Crippen molar-refractivity contribution in [2.75, 3.05) is 18.4 Å². The number of H-pyrrole nitrogens is 2. The quantitative estimate of drug-likeness (QED) is 0.418. The Hall–Kier alpha value is -3.52. The van der Waals surface area contributed by atoms with Gasteiger partial charge in [-0.15, -0.1) is 0 Å². The third-order valence-electron chi connectivity index (χ3n) is 5.61. The number of rotatable bonds is 4. The van der Waals surface area contributed by atoms with Crippen LogP contribution < -0.4 is 16.2 Å². The number of fused-ring (bicyclic) bond motifs is 2. The number of hydrogen-bond acceptors (Lipinski definition) is 5. The molecule has 1 aliphatic heterocycles. The minimum absolute atomic E-state index is 0.0681. The van der Waals surface area contributed by atoms with Gasteiger partial charge < -0.3 is 15.6 Å². The van der Waals surface area contributed by atoms with Gasteiger partial charge in [0.2, 0.25) is 5.91 Å². The second-order valence-corrected chi connectivity index (χ2v) is 7.65. The summed E-state index contributed by atoms with van der Waals surface area (Å²) in [5.74, 6) is 1.26. The van der Waals surface area contributed by atoms with Gasteiger partial charge in [-0.2, -0.15) is 5.10 Å². The van der Waals surface area contributed by atoms with E-state index in [9.17, 15) is 9.59 Å². The molecule has 2 aromatic carbocycles. The molecule has 0 aliphatic carbocycles. The number of imidazole rings is 1. The molecule has 0 spiro atoms. The van der Waals surface area contributed by atoms with Crippen molar-refractivity contribution in [1.82, 2.24) is 25.5 Å². The summed E-state index contributed by atoms with van der Waals surface area (Å²) in [6, 6.07) is 12.8. The van der Waals surface area contributed by atoms with Crippen LogP contribution in [0.15, 0.2) is 47.3 Å². The summed E-state index contributed by atoms with van der Waals surface area (Å²) in [6.07, 6.45) is 2.21. The van der Waals surface area contributed by atoms with Crippen LogP contribution in [-0.2, 0) is 11.2 Å². The Morgan fingerprint density at radius 1 is 1.10 bits per heavy atom. The number of carbonyl (C=O) groups is 1. The van der Waals surface area contributed by atoms with Crippen molar-refractivity contribution in [1.29, 1.82) is 0 Å². The first-order chi connectivity index (χ1) is 14.7. The number of benzene rings is 2. The van der Waals surface area contributed by atoms with Gasteiger partial charge in [-0.25, -0.2) is 10.1 Å². The molecule has 8 heteroatoms. The molecule has 3 heterocycles. The Kier molecular flexibility index (Phi) is 4.76. The monoisotopic (exact) mass is 402 g/mol. The molecule has 1 amide bonds. The van der Waals surface area contributed by atoms with Gasteiger partial charge in [-0.05, 0) is 50.2 Å². The van der Waals surface area contributed by atoms with Crippen molar-refractivity contribution in [3.8, 4) is 0 Å². The average molecular weight is 402 g/mol. The van der Waals surface area contributed by atoms with E-state index in [1.807, 2.05) is 24.3 Å². The summed E-state index contributed by atoms with van der Waals surface area (Å²) in [5, 5.41) is 14.0. The van der Waals surface area contributed by atoms with Gasteiger partial charge in [0.1, 0.15) is 5.82 Å². The zero-order valence-corrected chi connectivity index (χ0v) is 16.4. The van der Waals surface area contributed by atoms with Crippen LogP contribution in [0.1, 0.15) is 30.3 Å². The van der Waals surface area contributed by atoms with Gasteiger partial charge in [0, 0.05) is 17.0 Å². The van der Waals surface area contributed by atoms with Crippen LogP contribution in [0.4, 0.5) is 5.69 Å². The van der Waals surface area contributed by atoms with Crippen molar-refractivity contribution in [2.24, 2.45) is 0 Å². The molecule has 1 aliphatic rings. The van der Waals surface area contributed by atoms with Gasteiger partial charge in [-0.3, -0.25) is 9.59 Å². The number of aromatic amines is 2. The van der Waals surface area contributed by atoms with Crippen molar-refractivity contribution in [3.63, 3.8) is 0 Å². The first-order valence-electron chi connectivity index (χ1n) is 10.1. The maximum absolute atomic E-state index is 12.6. The van der Waals surface area contributed by atoms with Crippen molar-refractivity contribution >= 4 is 33.4 Å². The molecule has 0 bridgehead atoms. The minimum atomic E-state index is -0.260. The lowest BCUT2D eigenvalue weighted by Gasteiger charge is -2.20. The predicted octanol–water partition coefficient (Wildman–Crippen LogP) is 2.45. The molecular weight excluding hydrogens is 380 g/mol. The van der Waals surface area contributed by atoms with E-state index in [1.54, 1.807) is 18.2 Å². The van der Waals surface area contributed by atoms with Crippen LogP contribution in [0.2, 0.25) is 0 Å². The fourth-order valence-electron chi connectivity index (χ4n) is 4.06. The van der Waals surface area contributed by atoms with Crippen molar-refractivity contribution in [3.05, 3.63) is 64.3 Å². The molecule has 0 radical (unpaired) electrons. The second-order valence-electron chi connectivity index (χ2n) is 7.65. The second kappa shape index (κ2) is 7.72. The molecule has 0 unspecified atom stereocenters. The van der Waals surface area contributed by atoms with E-state index >= 15 is 0 Å². The number of carbonyl (C=O) groups excluding carboxylic acids is 1. The van der Waals surface area contributed by atoms with E-state index in [0.29, 0.717) is 28.1 Å². The summed E-state index contributed by atoms with van der Waals surface area (Å²) >= 11 is 0. The highest BCUT2D eigenvalue weighted by atomic mass is 16.1. The molecule has 4 N–H and O–H groups in total. The van der Waals surface area contributed by atoms with Gasteiger partial charge >= 0.3 is 0 Å². The maximum atomic E-state index is 12.6. The average Bonchev–Trinajstić information content (AvgIpc) is 3.20. The lowest BCUT2D eigenvalue weighted by atomic mass is 9.98. The van der Waals surface area contributed by atoms with E-state index in [4.69, 9.17) is 4.98 Å². The number of anilines is 1. The maximum Gasteiger partial charge on any atom is 0.272 e. The highest BCUT2D eigenvalue weighted by Crippen LogP contribution is 2.26. The summed E-state index contributed by atoms with van der Waals surface area (Å²) in [7, 11) is 0. The Labute approximate surface area is 172 Å². The molecular formula is C22H22N6O2. The van der Waals surface area contributed by atoms with Crippen LogP contribution in [0.3, 0.4) is 0 Å². The third-order valence-corrected chi connectivity index (χ3v) is 5.61. The van der Waals surface area contributed by atoms with E-state index in [-0.39, 0.29) is 17.9 Å². The van der Waals surface area contributed by atoms with Crippen molar-refractivity contribution < 1.29 is 4.79 Å². The summed E-state index contributed by atoms with van der Waals surface area (Å²) in [6.45, 7) is 2.02. The topological polar surface area (TPSA) is 116 Å². The van der Waals surface area contributed by atoms with E-state index in [1.165, 1.54) is 0 Å². The van der Waals surface area contributed by atoms with E-state index in [0.717, 1.165) is 42.8 Å². The number of nitrogens with one attached hydrogen (secondary N) is 4. The van der Waals surface area contributed by atoms with Gasteiger partial charge in [-0.1, -0.05) is 18.2 Å². The molecule has 0 saturated carbocycles.